The normalized spacial score (nSPS) is 11.6. The van der Waals surface area contributed by atoms with Crippen molar-refractivity contribution < 1.29 is 14.7 Å². The van der Waals surface area contributed by atoms with Crippen molar-refractivity contribution in [3.8, 4) is 6.07 Å². The average Bonchev–Trinajstić information content (AvgIpc) is 1.86. The van der Waals surface area contributed by atoms with Crippen LogP contribution >= 0.6 is 0 Å². The minimum Gasteiger partial charge on any atom is -0.481 e. The molecular weight excluding hydrogens is 146 g/mol. The first-order valence-electron chi connectivity index (χ1n) is 3.17. The Morgan fingerprint density at radius 1 is 1.64 bits per heavy atom. The number of carbonyl (C=O) groups is 2. The molecule has 0 aliphatic carbocycles. The van der Waals surface area contributed by atoms with E-state index in [1.54, 1.807) is 6.07 Å². The predicted molar refractivity (Wildman–Crippen MR) is 36.7 cm³/mol. The van der Waals surface area contributed by atoms with E-state index in [0.717, 1.165) is 0 Å². The molecule has 4 heteroatoms. The second kappa shape index (κ2) is 4.45. The van der Waals surface area contributed by atoms with Crippen LogP contribution in [0.5, 0.6) is 0 Å². The Hall–Kier alpha value is -1.37. The first kappa shape index (κ1) is 9.63. The van der Waals surface area contributed by atoms with Crippen molar-refractivity contribution in [2.75, 3.05) is 0 Å². The Morgan fingerprint density at radius 3 is 2.45 bits per heavy atom. The third kappa shape index (κ3) is 4.09. The van der Waals surface area contributed by atoms with E-state index < -0.39 is 11.9 Å². The van der Waals surface area contributed by atoms with E-state index in [2.05, 4.69) is 0 Å². The lowest BCUT2D eigenvalue weighted by atomic mass is 9.98. The number of carboxylic acids is 1. The quantitative estimate of drug-likeness (QED) is 0.644. The van der Waals surface area contributed by atoms with Crippen molar-refractivity contribution in [1.82, 2.24) is 0 Å². The minimum atomic E-state index is -1.04. The van der Waals surface area contributed by atoms with E-state index >= 15 is 0 Å². The molecule has 0 rings (SSSR count). The molecule has 1 N–H and O–H groups in total. The average molecular weight is 155 g/mol. The van der Waals surface area contributed by atoms with Gasteiger partial charge in [0, 0.05) is 12.3 Å². The summed E-state index contributed by atoms with van der Waals surface area (Å²) in [5, 5.41) is 16.5. The number of Topliss-reactive ketones (excluding diaryl/α,β-unsaturated/α-hetero) is 1. The lowest BCUT2D eigenvalue weighted by molar-refractivity contribution is -0.140. The molecule has 0 fully saturated rings. The van der Waals surface area contributed by atoms with Gasteiger partial charge in [0.2, 0.25) is 0 Å². The Morgan fingerprint density at radius 2 is 2.18 bits per heavy atom. The fourth-order valence-corrected chi connectivity index (χ4v) is 0.681. The summed E-state index contributed by atoms with van der Waals surface area (Å²) in [4.78, 5) is 20.8. The van der Waals surface area contributed by atoms with Crippen molar-refractivity contribution in [1.29, 1.82) is 5.26 Å². The molecule has 0 aliphatic rings. The number of aliphatic carboxylic acids is 1. The molecule has 11 heavy (non-hydrogen) atoms. The van der Waals surface area contributed by atoms with Gasteiger partial charge in [-0.25, -0.2) is 0 Å². The van der Waals surface area contributed by atoms with Crippen LogP contribution in [-0.4, -0.2) is 16.9 Å². The highest BCUT2D eigenvalue weighted by atomic mass is 16.4. The summed E-state index contributed by atoms with van der Waals surface area (Å²) >= 11 is 0. The number of carboxylic acid groups (broad SMARTS) is 1. The van der Waals surface area contributed by atoms with Crippen LogP contribution in [0.15, 0.2) is 0 Å². The zero-order valence-corrected chi connectivity index (χ0v) is 6.20. The molecule has 0 bridgehead atoms. The molecule has 0 amide bonds. The monoisotopic (exact) mass is 155 g/mol. The summed E-state index contributed by atoms with van der Waals surface area (Å²) in [7, 11) is 0. The van der Waals surface area contributed by atoms with Gasteiger partial charge in [0.15, 0.2) is 0 Å². The minimum absolute atomic E-state index is 0.0123. The number of nitriles is 1. The second-order valence-electron chi connectivity index (χ2n) is 2.27. The largest absolute Gasteiger partial charge is 0.481 e. The first-order chi connectivity index (χ1) is 5.07. The van der Waals surface area contributed by atoms with Gasteiger partial charge in [-0.1, -0.05) is 0 Å². The zero-order valence-electron chi connectivity index (χ0n) is 6.20. The molecule has 0 aromatic heterocycles. The van der Waals surface area contributed by atoms with Gasteiger partial charge >= 0.3 is 5.97 Å². The number of rotatable bonds is 4. The van der Waals surface area contributed by atoms with Crippen molar-refractivity contribution >= 4 is 11.8 Å². The second-order valence-corrected chi connectivity index (χ2v) is 2.27. The Bertz CT molecular complexity index is 204. The van der Waals surface area contributed by atoms with E-state index in [4.69, 9.17) is 10.4 Å². The van der Waals surface area contributed by atoms with Gasteiger partial charge in [-0.3, -0.25) is 9.59 Å². The van der Waals surface area contributed by atoms with Gasteiger partial charge in [-0.2, -0.15) is 5.26 Å². The Kier molecular flexibility index (Phi) is 3.89. The van der Waals surface area contributed by atoms with Crippen molar-refractivity contribution in [3.63, 3.8) is 0 Å². The molecule has 1 unspecified atom stereocenters. The summed E-state index contributed by atoms with van der Waals surface area (Å²) in [6.45, 7) is 1.30. The maximum absolute atomic E-state index is 10.7. The fraction of sp³-hybridized carbons (Fsp3) is 0.571. The molecular formula is C7H9NO3. The molecule has 1 atom stereocenters. The van der Waals surface area contributed by atoms with Crippen LogP contribution in [0.25, 0.3) is 0 Å². The summed E-state index contributed by atoms with van der Waals surface area (Å²) in [5.41, 5.74) is 0. The number of hydrogen-bond donors (Lipinski definition) is 1. The molecule has 0 aromatic carbocycles. The molecule has 0 heterocycles. The third-order valence-electron chi connectivity index (χ3n) is 1.33. The van der Waals surface area contributed by atoms with Crippen LogP contribution in [0, 0.1) is 17.2 Å². The summed E-state index contributed by atoms with van der Waals surface area (Å²) in [6, 6.07) is 1.77. The molecule has 60 valence electrons. The lowest BCUT2D eigenvalue weighted by Crippen LogP contribution is -2.14. The summed E-state index contributed by atoms with van der Waals surface area (Å²) < 4.78 is 0. The van der Waals surface area contributed by atoms with Gasteiger partial charge in [0.05, 0.1) is 12.5 Å². The zero-order chi connectivity index (χ0) is 8.85. The molecule has 0 saturated carbocycles. The highest BCUT2D eigenvalue weighted by Crippen LogP contribution is 2.08. The van der Waals surface area contributed by atoms with Crippen molar-refractivity contribution in [2.24, 2.45) is 5.92 Å². The molecule has 4 nitrogen and oxygen atoms in total. The predicted octanol–water partition coefficient (Wildman–Crippen LogP) is 0.580. The van der Waals surface area contributed by atoms with Gasteiger partial charge in [0.25, 0.3) is 0 Å². The van der Waals surface area contributed by atoms with Crippen molar-refractivity contribution in [2.45, 2.75) is 19.8 Å². The topological polar surface area (TPSA) is 78.2 Å². The Balaban J connectivity index is 4.02. The van der Waals surface area contributed by atoms with Gasteiger partial charge < -0.3 is 5.11 Å². The summed E-state index contributed by atoms with van der Waals surface area (Å²) in [5.74, 6) is -1.92. The van der Waals surface area contributed by atoms with Gasteiger partial charge in [0.1, 0.15) is 5.78 Å². The number of nitrogens with zero attached hydrogens (tertiary/aromatic N) is 1. The number of carbonyl (C=O) groups excluding carboxylic acids is 1. The number of hydrogen-bond acceptors (Lipinski definition) is 3. The molecule has 0 aliphatic heterocycles. The van der Waals surface area contributed by atoms with Gasteiger partial charge in [-0.15, -0.1) is 0 Å². The highest BCUT2D eigenvalue weighted by Gasteiger charge is 2.16. The lowest BCUT2D eigenvalue weighted by Gasteiger charge is -2.04. The summed E-state index contributed by atoms with van der Waals surface area (Å²) in [6.07, 6.45) is -0.259. The van der Waals surface area contributed by atoms with Crippen LogP contribution in [0.4, 0.5) is 0 Å². The van der Waals surface area contributed by atoms with Crippen LogP contribution in [-0.2, 0) is 9.59 Å². The molecule has 0 aromatic rings. The molecule has 0 radical (unpaired) electrons. The van der Waals surface area contributed by atoms with E-state index in [9.17, 15) is 9.59 Å². The Labute approximate surface area is 64.4 Å². The highest BCUT2D eigenvalue weighted by molar-refractivity contribution is 5.83. The van der Waals surface area contributed by atoms with Crippen LogP contribution in [0.2, 0.25) is 0 Å². The maximum atomic E-state index is 10.7. The first-order valence-corrected chi connectivity index (χ1v) is 3.17. The third-order valence-corrected chi connectivity index (χ3v) is 1.33. The molecule has 0 spiro atoms. The standard InChI is InChI=1S/C7H9NO3/c1-5(9)6(2-3-8)4-7(10)11/h6H,2,4H2,1H3,(H,10,11). The maximum Gasteiger partial charge on any atom is 0.304 e. The van der Waals surface area contributed by atoms with Crippen LogP contribution < -0.4 is 0 Å². The van der Waals surface area contributed by atoms with Crippen LogP contribution in [0.1, 0.15) is 19.8 Å². The van der Waals surface area contributed by atoms with E-state index in [0.29, 0.717) is 0 Å². The fourth-order valence-electron chi connectivity index (χ4n) is 0.681. The SMILES string of the molecule is CC(=O)C(CC#N)CC(=O)O. The number of ketones is 1. The molecule has 0 saturated heterocycles. The van der Waals surface area contributed by atoms with E-state index in [1.807, 2.05) is 0 Å². The van der Waals surface area contributed by atoms with E-state index in [1.165, 1.54) is 6.92 Å². The van der Waals surface area contributed by atoms with Crippen molar-refractivity contribution in [3.05, 3.63) is 0 Å². The van der Waals surface area contributed by atoms with Gasteiger partial charge in [-0.05, 0) is 6.92 Å². The van der Waals surface area contributed by atoms with Crippen LogP contribution in [0.3, 0.4) is 0 Å². The smallest absolute Gasteiger partial charge is 0.304 e. The van der Waals surface area contributed by atoms with E-state index in [-0.39, 0.29) is 18.6 Å².